The zero-order valence-corrected chi connectivity index (χ0v) is 22.8. The molecule has 1 amide bonds. The molecule has 1 aromatic heterocycles. The molecule has 1 unspecified atom stereocenters. The van der Waals surface area contributed by atoms with Crippen LogP contribution in [0.15, 0.2) is 53.0 Å². The smallest absolute Gasteiger partial charge is 0.410 e. The van der Waals surface area contributed by atoms with Crippen molar-refractivity contribution in [3.8, 4) is 11.3 Å². The van der Waals surface area contributed by atoms with Crippen LogP contribution in [0.25, 0.3) is 16.8 Å². The van der Waals surface area contributed by atoms with Gasteiger partial charge in [-0.3, -0.25) is 0 Å². The lowest BCUT2D eigenvalue weighted by Crippen LogP contribution is -2.39. The van der Waals surface area contributed by atoms with Gasteiger partial charge in [0.1, 0.15) is 5.60 Å². The summed E-state index contributed by atoms with van der Waals surface area (Å²) in [6.45, 7) is 9.69. The van der Waals surface area contributed by atoms with Gasteiger partial charge in [-0.05, 0) is 91.4 Å². The molecule has 7 nitrogen and oxygen atoms in total. The number of benzene rings is 2. The van der Waals surface area contributed by atoms with Crippen molar-refractivity contribution in [3.63, 3.8) is 0 Å². The highest BCUT2D eigenvalue weighted by Crippen LogP contribution is 2.39. The molecular formula is C28H32BrN5O2. The number of fused-ring (bicyclic) bond motifs is 3. The van der Waals surface area contributed by atoms with E-state index in [9.17, 15) is 4.79 Å². The SMILES string of the molecule is Cc1nnn2c1-c1ccc(C3=CCN(C(=O)OC(C)(C)C)CC3)cc1C(Nc1ccccc1Br)CC2. The molecule has 1 N–H and O–H groups in total. The van der Waals surface area contributed by atoms with Crippen LogP contribution in [0.2, 0.25) is 0 Å². The molecule has 2 aliphatic rings. The van der Waals surface area contributed by atoms with E-state index >= 15 is 0 Å². The lowest BCUT2D eigenvalue weighted by molar-refractivity contribution is 0.0270. The van der Waals surface area contributed by atoms with Gasteiger partial charge in [0.2, 0.25) is 0 Å². The summed E-state index contributed by atoms with van der Waals surface area (Å²) in [4.78, 5) is 14.3. The number of ether oxygens (including phenoxy) is 1. The second-order valence-electron chi connectivity index (χ2n) is 10.4. The van der Waals surface area contributed by atoms with Gasteiger partial charge in [0, 0.05) is 35.4 Å². The van der Waals surface area contributed by atoms with Crippen molar-refractivity contribution >= 4 is 33.3 Å². The Balaban J connectivity index is 1.47. The van der Waals surface area contributed by atoms with Crippen LogP contribution in [0, 0.1) is 6.92 Å². The maximum atomic E-state index is 12.5. The van der Waals surface area contributed by atoms with E-state index in [0.29, 0.717) is 13.1 Å². The number of nitrogens with zero attached hydrogens (tertiary/aromatic N) is 4. The molecule has 3 heterocycles. The van der Waals surface area contributed by atoms with Crippen molar-refractivity contribution in [1.82, 2.24) is 19.9 Å². The van der Waals surface area contributed by atoms with Gasteiger partial charge in [-0.1, -0.05) is 35.6 Å². The van der Waals surface area contributed by atoms with Crippen LogP contribution in [0.1, 0.15) is 56.5 Å². The Morgan fingerprint density at radius 2 is 1.97 bits per heavy atom. The van der Waals surface area contributed by atoms with Crippen LogP contribution in [0.5, 0.6) is 0 Å². The molecule has 36 heavy (non-hydrogen) atoms. The summed E-state index contributed by atoms with van der Waals surface area (Å²) in [5.74, 6) is 0. The lowest BCUT2D eigenvalue weighted by atomic mass is 9.90. The number of carbonyl (C=O) groups is 1. The molecule has 0 saturated heterocycles. The first-order valence-corrected chi connectivity index (χ1v) is 13.2. The maximum absolute atomic E-state index is 12.5. The Bertz CT molecular complexity index is 1320. The van der Waals surface area contributed by atoms with E-state index < -0.39 is 5.60 Å². The maximum Gasteiger partial charge on any atom is 0.410 e. The van der Waals surface area contributed by atoms with E-state index in [4.69, 9.17) is 4.74 Å². The third-order valence-corrected chi connectivity index (χ3v) is 7.34. The van der Waals surface area contributed by atoms with E-state index in [1.807, 2.05) is 44.5 Å². The highest BCUT2D eigenvalue weighted by atomic mass is 79.9. The fraction of sp³-hybridized carbons (Fsp3) is 0.393. The first kappa shape index (κ1) is 24.6. The van der Waals surface area contributed by atoms with Crippen molar-refractivity contribution in [1.29, 1.82) is 0 Å². The minimum atomic E-state index is -0.493. The molecule has 3 aromatic rings. The molecular weight excluding hydrogens is 518 g/mol. The number of amides is 1. The highest BCUT2D eigenvalue weighted by molar-refractivity contribution is 9.10. The number of carbonyl (C=O) groups excluding carboxylic acids is 1. The Kier molecular flexibility index (Phi) is 6.64. The van der Waals surface area contributed by atoms with E-state index in [2.05, 4.69) is 68.0 Å². The fourth-order valence-electron chi connectivity index (χ4n) is 4.90. The van der Waals surface area contributed by atoms with E-state index in [0.717, 1.165) is 46.5 Å². The van der Waals surface area contributed by atoms with Gasteiger partial charge in [-0.2, -0.15) is 0 Å². The van der Waals surface area contributed by atoms with Crippen molar-refractivity contribution in [2.75, 3.05) is 18.4 Å². The van der Waals surface area contributed by atoms with Crippen molar-refractivity contribution < 1.29 is 9.53 Å². The Hall–Kier alpha value is -3.13. The average molecular weight is 551 g/mol. The summed E-state index contributed by atoms with van der Waals surface area (Å²) in [7, 11) is 0. The van der Waals surface area contributed by atoms with E-state index in [-0.39, 0.29) is 12.1 Å². The quantitative estimate of drug-likeness (QED) is 0.398. The molecule has 0 bridgehead atoms. The van der Waals surface area contributed by atoms with Gasteiger partial charge in [0.15, 0.2) is 0 Å². The zero-order valence-electron chi connectivity index (χ0n) is 21.2. The molecule has 0 radical (unpaired) electrons. The second-order valence-corrected chi connectivity index (χ2v) is 11.3. The zero-order chi connectivity index (χ0) is 25.4. The Morgan fingerprint density at radius 1 is 1.17 bits per heavy atom. The molecule has 0 spiro atoms. The molecule has 5 rings (SSSR count). The topological polar surface area (TPSA) is 72.3 Å². The van der Waals surface area contributed by atoms with Crippen LogP contribution < -0.4 is 5.32 Å². The normalized spacial score (nSPS) is 17.5. The van der Waals surface area contributed by atoms with Gasteiger partial charge in [0.05, 0.1) is 17.4 Å². The van der Waals surface area contributed by atoms with Gasteiger partial charge >= 0.3 is 6.09 Å². The molecule has 2 aromatic carbocycles. The predicted molar refractivity (Wildman–Crippen MR) is 146 cm³/mol. The molecule has 8 heteroatoms. The molecule has 2 aliphatic heterocycles. The van der Waals surface area contributed by atoms with Crippen LogP contribution in [-0.4, -0.2) is 44.7 Å². The van der Waals surface area contributed by atoms with Gasteiger partial charge < -0.3 is 15.0 Å². The van der Waals surface area contributed by atoms with Crippen LogP contribution in [0.3, 0.4) is 0 Å². The number of anilines is 1. The molecule has 1 atom stereocenters. The second kappa shape index (κ2) is 9.73. The van der Waals surface area contributed by atoms with Gasteiger partial charge in [-0.25, -0.2) is 9.48 Å². The first-order valence-electron chi connectivity index (χ1n) is 12.4. The van der Waals surface area contributed by atoms with Crippen molar-refractivity contribution in [2.24, 2.45) is 0 Å². The van der Waals surface area contributed by atoms with Crippen molar-refractivity contribution in [2.45, 2.75) is 58.7 Å². The number of nitrogens with one attached hydrogen (secondary N) is 1. The summed E-state index contributed by atoms with van der Waals surface area (Å²) >= 11 is 3.69. The number of aryl methyl sites for hydroxylation is 2. The molecule has 188 valence electrons. The number of hydrogen-bond donors (Lipinski definition) is 1. The number of rotatable bonds is 3. The standard InChI is InChI=1S/C28H32BrN5O2/c1-18-26-21-10-9-20(19-11-14-33(15-12-19)27(35)36-28(2,3)4)17-22(21)24(13-16-34(26)32-31-18)30-25-8-6-5-7-23(25)29/h5-11,17,24,30H,12-16H2,1-4H3. The predicted octanol–water partition coefficient (Wildman–Crippen LogP) is 6.60. The molecule has 0 saturated carbocycles. The molecule has 0 fully saturated rings. The third kappa shape index (κ3) is 5.05. The third-order valence-electron chi connectivity index (χ3n) is 6.65. The summed E-state index contributed by atoms with van der Waals surface area (Å²) in [6, 6.07) is 15.0. The highest BCUT2D eigenvalue weighted by Gasteiger charge is 2.28. The summed E-state index contributed by atoms with van der Waals surface area (Å²) in [5, 5.41) is 12.5. The number of para-hydroxylation sites is 1. The number of aromatic nitrogens is 3. The number of halogens is 1. The molecule has 0 aliphatic carbocycles. The monoisotopic (exact) mass is 549 g/mol. The average Bonchev–Trinajstić information content (AvgIpc) is 3.13. The summed E-state index contributed by atoms with van der Waals surface area (Å²) < 4.78 is 8.62. The van der Waals surface area contributed by atoms with E-state index in [1.165, 1.54) is 16.7 Å². The van der Waals surface area contributed by atoms with Crippen LogP contribution in [0.4, 0.5) is 10.5 Å². The number of hydrogen-bond acceptors (Lipinski definition) is 5. The minimum absolute atomic E-state index is 0.113. The summed E-state index contributed by atoms with van der Waals surface area (Å²) in [5.41, 5.74) is 7.45. The largest absolute Gasteiger partial charge is 0.444 e. The van der Waals surface area contributed by atoms with Crippen LogP contribution >= 0.6 is 15.9 Å². The minimum Gasteiger partial charge on any atom is -0.444 e. The van der Waals surface area contributed by atoms with Gasteiger partial charge in [-0.15, -0.1) is 5.10 Å². The lowest BCUT2D eigenvalue weighted by Gasteiger charge is -2.30. The summed E-state index contributed by atoms with van der Waals surface area (Å²) in [6.07, 6.45) is 3.57. The Morgan fingerprint density at radius 3 is 2.69 bits per heavy atom. The Labute approximate surface area is 220 Å². The fourth-order valence-corrected chi connectivity index (χ4v) is 5.30. The first-order chi connectivity index (χ1) is 17.2. The van der Waals surface area contributed by atoms with E-state index in [1.54, 1.807) is 4.90 Å². The van der Waals surface area contributed by atoms with Gasteiger partial charge in [0.25, 0.3) is 0 Å². The van der Waals surface area contributed by atoms with Crippen molar-refractivity contribution in [3.05, 3.63) is 69.8 Å². The van der Waals surface area contributed by atoms with Crippen LogP contribution in [-0.2, 0) is 11.3 Å².